The van der Waals surface area contributed by atoms with Crippen LogP contribution in [0.1, 0.15) is 290 Å². The van der Waals surface area contributed by atoms with E-state index in [0.717, 1.165) is 38.5 Å². The minimum atomic E-state index is -0.864. The molecule has 0 saturated heterocycles. The average Bonchev–Trinajstić information content (AvgIpc) is 3.26. The second-order valence-corrected chi connectivity index (χ2v) is 18.6. The summed E-state index contributed by atoms with van der Waals surface area (Å²) in [5, 5.41) is 23.1. The van der Waals surface area contributed by atoms with Gasteiger partial charge in [-0.05, 0) is 64.2 Å². The lowest BCUT2D eigenvalue weighted by molar-refractivity contribution is -0.123. The number of allylic oxidation sites excluding steroid dienone is 7. The Hall–Kier alpha value is -1.65. The fraction of sp³-hybridized carbons (Fsp3) is 0.842. The van der Waals surface area contributed by atoms with Crippen molar-refractivity contribution in [3.8, 4) is 0 Å². The van der Waals surface area contributed by atoms with Gasteiger partial charge in [0.05, 0.1) is 18.8 Å². The van der Waals surface area contributed by atoms with Gasteiger partial charge in [0, 0.05) is 6.42 Å². The first kappa shape index (κ1) is 59.4. The Morgan fingerprint density at radius 3 is 1.05 bits per heavy atom. The van der Waals surface area contributed by atoms with Crippen LogP contribution in [0.4, 0.5) is 0 Å². The van der Waals surface area contributed by atoms with E-state index < -0.39 is 12.1 Å². The smallest absolute Gasteiger partial charge is 0.220 e. The number of carbonyl (C=O) groups excluding carboxylic acids is 1. The van der Waals surface area contributed by atoms with Crippen molar-refractivity contribution in [2.24, 2.45) is 0 Å². The molecule has 0 aromatic rings. The minimum Gasteiger partial charge on any atom is -0.394 e. The maximum Gasteiger partial charge on any atom is 0.220 e. The van der Waals surface area contributed by atoms with Gasteiger partial charge in [0.2, 0.25) is 5.91 Å². The number of hydrogen-bond acceptors (Lipinski definition) is 3. The molecule has 4 heteroatoms. The molecule has 0 aliphatic carbocycles. The van der Waals surface area contributed by atoms with Gasteiger partial charge in [-0.2, -0.15) is 0 Å². The van der Waals surface area contributed by atoms with Gasteiger partial charge in [0.25, 0.3) is 0 Å². The second-order valence-electron chi connectivity index (χ2n) is 18.6. The second kappa shape index (κ2) is 52.7. The molecule has 358 valence electrons. The lowest BCUT2D eigenvalue weighted by Crippen LogP contribution is -2.45. The van der Waals surface area contributed by atoms with Crippen LogP contribution in [-0.4, -0.2) is 34.9 Å². The van der Waals surface area contributed by atoms with E-state index in [9.17, 15) is 15.0 Å². The molecule has 0 rings (SSSR count). The van der Waals surface area contributed by atoms with E-state index in [0.29, 0.717) is 6.42 Å². The Morgan fingerprint density at radius 2 is 0.689 bits per heavy atom. The SMILES string of the molecule is CCCCCCC/C=C\C/C=C\CCCCCCCCCCCCCCCC(=O)NC(CO)C(O)/C=C/CC/C=C/CCCCCCCCCCCCCCCCCCCC. The Labute approximate surface area is 382 Å². The maximum atomic E-state index is 12.5. The lowest BCUT2D eigenvalue weighted by atomic mass is 10.0. The summed E-state index contributed by atoms with van der Waals surface area (Å²) in [5.74, 6) is -0.0722. The van der Waals surface area contributed by atoms with Gasteiger partial charge in [-0.1, -0.05) is 268 Å². The number of nitrogens with one attached hydrogen (secondary N) is 1. The zero-order valence-electron chi connectivity index (χ0n) is 41.2. The predicted molar refractivity (Wildman–Crippen MR) is 271 cm³/mol. The first-order chi connectivity index (χ1) is 30.2. The highest BCUT2D eigenvalue weighted by molar-refractivity contribution is 5.76. The molecule has 0 bridgehead atoms. The fourth-order valence-electron chi connectivity index (χ4n) is 8.34. The highest BCUT2D eigenvalue weighted by Gasteiger charge is 2.18. The number of aliphatic hydroxyl groups is 2. The van der Waals surface area contributed by atoms with Crippen LogP contribution >= 0.6 is 0 Å². The molecular weight excluding hydrogens is 747 g/mol. The van der Waals surface area contributed by atoms with E-state index in [1.807, 2.05) is 6.08 Å². The van der Waals surface area contributed by atoms with Crippen LogP contribution in [0.25, 0.3) is 0 Å². The van der Waals surface area contributed by atoms with Crippen LogP contribution in [0.15, 0.2) is 48.6 Å². The summed E-state index contributed by atoms with van der Waals surface area (Å²) >= 11 is 0. The van der Waals surface area contributed by atoms with Crippen molar-refractivity contribution in [3.63, 3.8) is 0 Å². The number of carbonyl (C=O) groups is 1. The largest absolute Gasteiger partial charge is 0.394 e. The summed E-state index contributed by atoms with van der Waals surface area (Å²) in [6.07, 6.45) is 72.6. The molecule has 2 atom stereocenters. The molecule has 0 aliphatic rings. The molecule has 0 aliphatic heterocycles. The first-order valence-electron chi connectivity index (χ1n) is 27.4. The molecule has 0 saturated carbocycles. The van der Waals surface area contributed by atoms with Crippen molar-refractivity contribution in [1.29, 1.82) is 0 Å². The van der Waals surface area contributed by atoms with Crippen molar-refractivity contribution < 1.29 is 15.0 Å². The molecule has 3 N–H and O–H groups in total. The van der Waals surface area contributed by atoms with Crippen molar-refractivity contribution >= 4 is 5.91 Å². The van der Waals surface area contributed by atoms with Crippen LogP contribution in [-0.2, 0) is 4.79 Å². The molecule has 0 spiro atoms. The zero-order chi connectivity index (χ0) is 44.2. The van der Waals surface area contributed by atoms with Crippen LogP contribution in [0.2, 0.25) is 0 Å². The highest BCUT2D eigenvalue weighted by Crippen LogP contribution is 2.16. The summed E-state index contributed by atoms with van der Waals surface area (Å²) in [4.78, 5) is 12.5. The quantitative estimate of drug-likeness (QED) is 0.0422. The monoisotopic (exact) mass is 854 g/mol. The molecule has 4 nitrogen and oxygen atoms in total. The zero-order valence-corrected chi connectivity index (χ0v) is 41.2. The summed E-state index contributed by atoms with van der Waals surface area (Å²) in [5.41, 5.74) is 0. The Kier molecular flexibility index (Phi) is 51.3. The van der Waals surface area contributed by atoms with E-state index in [1.165, 1.54) is 231 Å². The van der Waals surface area contributed by atoms with Crippen molar-refractivity contribution in [3.05, 3.63) is 48.6 Å². The number of rotatable bonds is 50. The molecule has 0 aromatic heterocycles. The summed E-state index contributed by atoms with van der Waals surface area (Å²) in [7, 11) is 0. The highest BCUT2D eigenvalue weighted by atomic mass is 16.3. The van der Waals surface area contributed by atoms with Crippen molar-refractivity contribution in [2.75, 3.05) is 6.61 Å². The predicted octanol–water partition coefficient (Wildman–Crippen LogP) is 17.9. The van der Waals surface area contributed by atoms with Gasteiger partial charge in [-0.3, -0.25) is 4.79 Å². The van der Waals surface area contributed by atoms with Crippen molar-refractivity contribution in [2.45, 2.75) is 302 Å². The van der Waals surface area contributed by atoms with E-state index in [4.69, 9.17) is 0 Å². The normalized spacial score (nSPS) is 13.2. The molecule has 2 unspecified atom stereocenters. The van der Waals surface area contributed by atoms with E-state index in [1.54, 1.807) is 6.08 Å². The Bertz CT molecular complexity index is 970. The summed E-state index contributed by atoms with van der Waals surface area (Å²) in [6.45, 7) is 4.31. The number of hydrogen-bond donors (Lipinski definition) is 3. The van der Waals surface area contributed by atoms with Gasteiger partial charge in [0.15, 0.2) is 0 Å². The van der Waals surface area contributed by atoms with Gasteiger partial charge in [-0.25, -0.2) is 0 Å². The third-order valence-electron chi connectivity index (χ3n) is 12.5. The van der Waals surface area contributed by atoms with Crippen molar-refractivity contribution in [1.82, 2.24) is 5.32 Å². The average molecular weight is 854 g/mol. The summed E-state index contributed by atoms with van der Waals surface area (Å²) in [6, 6.07) is -0.641. The molecule has 1 amide bonds. The maximum absolute atomic E-state index is 12.5. The van der Waals surface area contributed by atoms with Gasteiger partial charge >= 0.3 is 0 Å². The number of unbranched alkanes of at least 4 members (excludes halogenated alkanes) is 37. The van der Waals surface area contributed by atoms with Crippen LogP contribution in [0.3, 0.4) is 0 Å². The van der Waals surface area contributed by atoms with Crippen LogP contribution in [0, 0.1) is 0 Å². The number of aliphatic hydroxyl groups excluding tert-OH is 2. The first-order valence-corrected chi connectivity index (χ1v) is 27.4. The minimum absolute atomic E-state index is 0.0722. The van der Waals surface area contributed by atoms with Gasteiger partial charge < -0.3 is 15.5 Å². The summed E-state index contributed by atoms with van der Waals surface area (Å²) < 4.78 is 0. The molecular formula is C57H107NO3. The van der Waals surface area contributed by atoms with E-state index in [-0.39, 0.29) is 12.5 Å². The molecule has 0 radical (unpaired) electrons. The van der Waals surface area contributed by atoms with Gasteiger partial charge in [-0.15, -0.1) is 0 Å². The molecule has 0 aromatic carbocycles. The topological polar surface area (TPSA) is 69.6 Å². The third kappa shape index (κ3) is 49.2. The van der Waals surface area contributed by atoms with E-state index >= 15 is 0 Å². The van der Waals surface area contributed by atoms with Crippen LogP contribution in [0.5, 0.6) is 0 Å². The Morgan fingerprint density at radius 1 is 0.393 bits per heavy atom. The molecule has 0 heterocycles. The third-order valence-corrected chi connectivity index (χ3v) is 12.5. The standard InChI is InChI=1S/C57H107NO3/c1-3-5-7-9-11-13-15-17-19-21-23-25-27-29-31-33-35-37-39-41-43-45-47-49-51-53-57(61)58-55(54-59)56(60)52-50-48-46-44-42-40-38-36-34-32-30-28-26-24-22-20-18-16-14-12-10-8-6-4-2/h15,17,21,23,42,44,50,52,55-56,59-60H,3-14,16,18-20,22,24-41,43,45-49,51,53-54H2,1-2H3,(H,58,61)/b17-15-,23-21-,44-42+,52-50+. The number of amides is 1. The van der Waals surface area contributed by atoms with Gasteiger partial charge in [0.1, 0.15) is 0 Å². The molecule has 61 heavy (non-hydrogen) atoms. The van der Waals surface area contributed by atoms with E-state index in [2.05, 4.69) is 55.6 Å². The lowest BCUT2D eigenvalue weighted by Gasteiger charge is -2.19. The Balaban J connectivity index is 3.54. The fourth-order valence-corrected chi connectivity index (χ4v) is 8.34. The van der Waals surface area contributed by atoms with Crippen LogP contribution < -0.4 is 5.32 Å². The molecule has 0 fully saturated rings.